The summed E-state index contributed by atoms with van der Waals surface area (Å²) in [4.78, 5) is 2.15. The van der Waals surface area contributed by atoms with Gasteiger partial charge >= 0.3 is 0 Å². The minimum atomic E-state index is -0.624. The van der Waals surface area contributed by atoms with Crippen LogP contribution in [0.15, 0.2) is 0 Å². The third-order valence-corrected chi connectivity index (χ3v) is 2.03. The maximum Gasteiger partial charge on any atom is 0.156 e. The molecule has 0 heterocycles. The average Bonchev–Trinajstić information content (AvgIpc) is 2.06. The molecule has 0 aromatic heterocycles. The van der Waals surface area contributed by atoms with E-state index in [1.165, 1.54) is 0 Å². The van der Waals surface area contributed by atoms with Crippen LogP contribution in [0.4, 0.5) is 0 Å². The molecule has 0 fully saturated rings. The molecule has 0 aliphatic carbocycles. The lowest BCUT2D eigenvalue weighted by Gasteiger charge is -2.27. The van der Waals surface area contributed by atoms with Crippen molar-refractivity contribution in [1.82, 2.24) is 4.90 Å². The summed E-state index contributed by atoms with van der Waals surface area (Å²) in [5.74, 6) is 0. The largest absolute Gasteiger partial charge is 0.368 e. The van der Waals surface area contributed by atoms with Gasteiger partial charge in [-0.25, -0.2) is 0 Å². The van der Waals surface area contributed by atoms with E-state index in [2.05, 4.69) is 18.7 Å². The van der Waals surface area contributed by atoms with Crippen LogP contribution in [0, 0.1) is 0 Å². The lowest BCUT2D eigenvalue weighted by molar-refractivity contribution is -0.174. The van der Waals surface area contributed by atoms with Gasteiger partial charge in [0, 0.05) is 0 Å². The first-order chi connectivity index (χ1) is 5.65. The van der Waals surface area contributed by atoms with Gasteiger partial charge in [0.1, 0.15) is 6.23 Å². The summed E-state index contributed by atoms with van der Waals surface area (Å²) in [5.41, 5.74) is 0. The van der Waals surface area contributed by atoms with Crippen LogP contribution in [0.2, 0.25) is 0 Å². The second-order valence-electron chi connectivity index (χ2n) is 2.82. The summed E-state index contributed by atoms with van der Waals surface area (Å²) >= 11 is 0. The molecule has 0 aliphatic rings. The quantitative estimate of drug-likeness (QED) is 0.620. The van der Waals surface area contributed by atoms with E-state index >= 15 is 0 Å². The first-order valence-corrected chi connectivity index (χ1v) is 4.73. The van der Waals surface area contributed by atoms with Crippen molar-refractivity contribution >= 4 is 0 Å². The number of rotatable bonds is 6. The number of aliphatic hydroxyl groups excluding tert-OH is 1. The predicted molar refractivity (Wildman–Crippen MR) is 49.8 cm³/mol. The molecule has 0 rings (SSSR count). The van der Waals surface area contributed by atoms with E-state index < -0.39 is 6.29 Å². The summed E-state index contributed by atoms with van der Waals surface area (Å²) in [6.07, 6.45) is 0.0292. The Balaban J connectivity index is 3.75. The SMILES string of the molecule is CCC(O)OC(C)N(CC)CC. The third kappa shape index (κ3) is 4.04. The van der Waals surface area contributed by atoms with Crippen molar-refractivity contribution in [3.05, 3.63) is 0 Å². The van der Waals surface area contributed by atoms with E-state index in [1.54, 1.807) is 0 Å². The van der Waals surface area contributed by atoms with Crippen molar-refractivity contribution in [2.75, 3.05) is 13.1 Å². The van der Waals surface area contributed by atoms with Gasteiger partial charge < -0.3 is 9.84 Å². The Labute approximate surface area is 75.3 Å². The number of hydrogen-bond donors (Lipinski definition) is 1. The molecule has 3 heteroatoms. The standard InChI is InChI=1S/C9H21NO2/c1-5-9(11)12-8(4)10(6-2)7-3/h8-9,11H,5-7H2,1-4H3. The highest BCUT2D eigenvalue weighted by atomic mass is 16.6. The van der Waals surface area contributed by atoms with Gasteiger partial charge in [-0.15, -0.1) is 0 Å². The monoisotopic (exact) mass is 175 g/mol. The van der Waals surface area contributed by atoms with E-state index in [0.717, 1.165) is 13.1 Å². The minimum Gasteiger partial charge on any atom is -0.368 e. The molecule has 0 amide bonds. The smallest absolute Gasteiger partial charge is 0.156 e. The average molecular weight is 175 g/mol. The van der Waals surface area contributed by atoms with Gasteiger partial charge in [-0.05, 0) is 26.4 Å². The molecule has 12 heavy (non-hydrogen) atoms. The van der Waals surface area contributed by atoms with Crippen molar-refractivity contribution in [2.45, 2.75) is 46.6 Å². The molecule has 0 radical (unpaired) electrons. The molecule has 3 nitrogen and oxygen atoms in total. The summed E-state index contributed by atoms with van der Waals surface area (Å²) in [6.45, 7) is 9.94. The maximum atomic E-state index is 9.22. The van der Waals surface area contributed by atoms with Crippen molar-refractivity contribution in [3.8, 4) is 0 Å². The van der Waals surface area contributed by atoms with Crippen LogP contribution in [0.3, 0.4) is 0 Å². The van der Waals surface area contributed by atoms with E-state index in [-0.39, 0.29) is 6.23 Å². The fraction of sp³-hybridized carbons (Fsp3) is 1.00. The van der Waals surface area contributed by atoms with Crippen LogP contribution in [0.1, 0.15) is 34.1 Å². The molecule has 0 saturated heterocycles. The van der Waals surface area contributed by atoms with Gasteiger partial charge in [0.05, 0.1) is 0 Å². The molecule has 1 N–H and O–H groups in total. The van der Waals surface area contributed by atoms with Crippen LogP contribution in [-0.2, 0) is 4.74 Å². The Kier molecular flexibility index (Phi) is 6.34. The molecule has 74 valence electrons. The summed E-state index contributed by atoms with van der Waals surface area (Å²) in [7, 11) is 0. The normalized spacial score (nSPS) is 16.5. The second kappa shape index (κ2) is 6.40. The highest BCUT2D eigenvalue weighted by molar-refractivity contribution is 4.54. The molecule has 0 spiro atoms. The number of nitrogens with zero attached hydrogens (tertiary/aromatic N) is 1. The maximum absolute atomic E-state index is 9.22. The molecular weight excluding hydrogens is 154 g/mol. The van der Waals surface area contributed by atoms with Crippen LogP contribution >= 0.6 is 0 Å². The highest BCUT2D eigenvalue weighted by Gasteiger charge is 2.13. The fourth-order valence-corrected chi connectivity index (χ4v) is 1.15. The summed E-state index contributed by atoms with van der Waals surface area (Å²) in [6, 6.07) is 0. The highest BCUT2D eigenvalue weighted by Crippen LogP contribution is 2.04. The van der Waals surface area contributed by atoms with E-state index in [4.69, 9.17) is 4.74 Å². The van der Waals surface area contributed by atoms with Crippen LogP contribution in [-0.4, -0.2) is 35.6 Å². The molecule has 0 saturated carbocycles. The zero-order chi connectivity index (χ0) is 9.56. The Morgan fingerprint density at radius 3 is 2.08 bits per heavy atom. The molecule has 0 aromatic carbocycles. The lowest BCUT2D eigenvalue weighted by atomic mass is 10.4. The molecule has 2 atom stereocenters. The number of ether oxygens (including phenoxy) is 1. The van der Waals surface area contributed by atoms with Gasteiger partial charge in [0.2, 0.25) is 0 Å². The van der Waals surface area contributed by atoms with Crippen molar-refractivity contribution in [1.29, 1.82) is 0 Å². The summed E-state index contributed by atoms with van der Waals surface area (Å²) < 4.78 is 5.32. The van der Waals surface area contributed by atoms with Gasteiger partial charge in [-0.1, -0.05) is 20.8 Å². The van der Waals surface area contributed by atoms with Crippen molar-refractivity contribution in [2.24, 2.45) is 0 Å². The Hall–Kier alpha value is -0.120. The molecule has 0 aromatic rings. The Bertz CT molecular complexity index is 105. The Morgan fingerprint density at radius 1 is 1.25 bits per heavy atom. The number of aliphatic hydroxyl groups is 1. The van der Waals surface area contributed by atoms with Crippen LogP contribution in [0.25, 0.3) is 0 Å². The van der Waals surface area contributed by atoms with Gasteiger partial charge in [-0.2, -0.15) is 0 Å². The van der Waals surface area contributed by atoms with Crippen LogP contribution < -0.4 is 0 Å². The minimum absolute atomic E-state index is 0.00921. The van der Waals surface area contributed by atoms with E-state index in [9.17, 15) is 5.11 Å². The predicted octanol–water partition coefficient (Wildman–Crippen LogP) is 1.42. The Morgan fingerprint density at radius 2 is 1.75 bits per heavy atom. The van der Waals surface area contributed by atoms with Crippen molar-refractivity contribution in [3.63, 3.8) is 0 Å². The van der Waals surface area contributed by atoms with Gasteiger partial charge in [0.25, 0.3) is 0 Å². The van der Waals surface area contributed by atoms with Crippen LogP contribution in [0.5, 0.6) is 0 Å². The topological polar surface area (TPSA) is 32.7 Å². The lowest BCUT2D eigenvalue weighted by Crippen LogP contribution is -2.37. The fourth-order valence-electron chi connectivity index (χ4n) is 1.15. The van der Waals surface area contributed by atoms with E-state index in [1.807, 2.05) is 13.8 Å². The van der Waals surface area contributed by atoms with Gasteiger partial charge in [0.15, 0.2) is 6.29 Å². The zero-order valence-electron chi connectivity index (χ0n) is 8.58. The first-order valence-electron chi connectivity index (χ1n) is 4.73. The van der Waals surface area contributed by atoms with Crippen molar-refractivity contribution < 1.29 is 9.84 Å². The molecular formula is C9H21NO2. The number of hydrogen-bond acceptors (Lipinski definition) is 3. The second-order valence-corrected chi connectivity index (χ2v) is 2.82. The zero-order valence-corrected chi connectivity index (χ0v) is 8.58. The third-order valence-electron chi connectivity index (χ3n) is 2.03. The molecule has 0 aliphatic heterocycles. The molecule has 2 unspecified atom stereocenters. The van der Waals surface area contributed by atoms with Gasteiger partial charge in [-0.3, -0.25) is 4.90 Å². The first kappa shape index (κ1) is 11.9. The van der Waals surface area contributed by atoms with E-state index in [0.29, 0.717) is 6.42 Å². The summed E-state index contributed by atoms with van der Waals surface area (Å²) in [5, 5.41) is 9.22. The molecule has 0 bridgehead atoms.